The number of hydrogen-bond acceptors (Lipinski definition) is 4. The first-order valence-corrected chi connectivity index (χ1v) is 12.5. The summed E-state index contributed by atoms with van der Waals surface area (Å²) in [5.41, 5.74) is 2.28. The second-order valence-corrected chi connectivity index (χ2v) is 9.80. The van der Waals surface area contributed by atoms with Crippen molar-refractivity contribution in [1.82, 2.24) is 15.0 Å². The monoisotopic (exact) mass is 736 g/mol. The number of halogens is 4. The van der Waals surface area contributed by atoms with Gasteiger partial charge in [-0.15, -0.1) is 0 Å². The van der Waals surface area contributed by atoms with Gasteiger partial charge < -0.3 is 21.6 Å². The first kappa shape index (κ1) is 30.5. The Kier molecular flexibility index (Phi) is 9.06. The second kappa shape index (κ2) is 12.2. The minimum Gasteiger partial charge on any atom is -0.493 e. The van der Waals surface area contributed by atoms with Crippen LogP contribution in [0.4, 0.5) is 17.6 Å². The van der Waals surface area contributed by atoms with Crippen molar-refractivity contribution < 1.29 is 53.9 Å². The van der Waals surface area contributed by atoms with Gasteiger partial charge in [0.15, 0.2) is 11.6 Å². The van der Waals surface area contributed by atoms with Gasteiger partial charge >= 0.3 is 0 Å². The fourth-order valence-corrected chi connectivity index (χ4v) is 5.36. The van der Waals surface area contributed by atoms with E-state index in [0.717, 1.165) is 22.6 Å². The van der Waals surface area contributed by atoms with Crippen LogP contribution in [0.25, 0.3) is 22.3 Å². The molecule has 3 aromatic carbocycles. The molecule has 1 aliphatic rings. The third kappa shape index (κ3) is 5.20. The molecule has 0 saturated heterocycles. The van der Waals surface area contributed by atoms with Gasteiger partial charge in [-0.3, -0.25) is 10.5 Å². The summed E-state index contributed by atoms with van der Waals surface area (Å²) in [5, 5.41) is 12.0. The standard InChI is InChI=1S/C30H24F4N3O.H2O2.W/c1-3-17-5-4-6-21-28(17)38-12-10-30(21,2)23-15-36-29(37-23)19-13-16(7-8-22(19)31)14-20-24(32)18-9-11-35-27(18)26(34)25(20)33;1-2;/h4-9,11,13,15,35H,1,3,10,12,14H2,2H3,(H,36,37);1-2H;/q-1;;. The summed E-state index contributed by atoms with van der Waals surface area (Å²) >= 11 is 0. The van der Waals surface area contributed by atoms with E-state index in [0.29, 0.717) is 25.0 Å². The molecule has 0 aliphatic carbocycles. The van der Waals surface area contributed by atoms with E-state index in [1.807, 2.05) is 18.2 Å². The first-order valence-electron chi connectivity index (χ1n) is 12.5. The van der Waals surface area contributed by atoms with Gasteiger partial charge in [0.1, 0.15) is 23.2 Å². The summed E-state index contributed by atoms with van der Waals surface area (Å²) in [4.78, 5) is 10.2. The Hall–Kier alpha value is -3.46. The molecule has 6 rings (SSSR count). The van der Waals surface area contributed by atoms with E-state index >= 15 is 4.39 Å². The molecule has 214 valence electrons. The largest absolute Gasteiger partial charge is 0.493 e. The second-order valence-electron chi connectivity index (χ2n) is 9.80. The Morgan fingerprint density at radius 2 is 1.83 bits per heavy atom. The van der Waals surface area contributed by atoms with Crippen LogP contribution in [0.2, 0.25) is 0 Å². The number of para-hydroxylation sites is 1. The molecule has 3 heterocycles. The molecule has 11 heteroatoms. The number of fused-ring (bicyclic) bond motifs is 2. The van der Waals surface area contributed by atoms with Crippen LogP contribution in [-0.4, -0.2) is 32.1 Å². The Labute approximate surface area is 247 Å². The third-order valence-electron chi connectivity index (χ3n) is 7.57. The van der Waals surface area contributed by atoms with Gasteiger partial charge in [0.05, 0.1) is 17.7 Å². The molecule has 0 bridgehead atoms. The van der Waals surface area contributed by atoms with Crippen molar-refractivity contribution in [3.8, 4) is 17.1 Å². The van der Waals surface area contributed by atoms with Crippen LogP contribution in [0.5, 0.6) is 5.75 Å². The van der Waals surface area contributed by atoms with Crippen molar-refractivity contribution in [1.29, 1.82) is 0 Å². The molecule has 0 radical (unpaired) electrons. The van der Waals surface area contributed by atoms with Crippen LogP contribution in [0.15, 0.2) is 54.9 Å². The molecule has 5 aromatic rings. The summed E-state index contributed by atoms with van der Waals surface area (Å²) in [6.07, 6.45) is 4.06. The van der Waals surface area contributed by atoms with Crippen LogP contribution in [0.1, 0.15) is 41.3 Å². The van der Waals surface area contributed by atoms with Crippen LogP contribution >= 0.6 is 0 Å². The van der Waals surface area contributed by atoms with E-state index in [1.54, 1.807) is 6.20 Å². The van der Waals surface area contributed by atoms with Gasteiger partial charge in [-0.05, 0) is 42.7 Å². The average Bonchev–Trinajstić information content (AvgIpc) is 3.67. The number of imidazole rings is 1. The summed E-state index contributed by atoms with van der Waals surface area (Å²) in [6, 6.07) is 11.5. The number of nitrogens with zero attached hydrogens (tertiary/aromatic N) is 1. The maximum atomic E-state index is 15.0. The summed E-state index contributed by atoms with van der Waals surface area (Å²) in [6.45, 7) is 6.59. The third-order valence-corrected chi connectivity index (χ3v) is 7.57. The molecule has 0 saturated carbocycles. The normalized spacial score (nSPS) is 15.9. The molecule has 41 heavy (non-hydrogen) atoms. The van der Waals surface area contributed by atoms with Gasteiger partial charge in [0, 0.05) is 67.5 Å². The van der Waals surface area contributed by atoms with Gasteiger partial charge in [-0.1, -0.05) is 24.3 Å². The number of aromatic amines is 2. The van der Waals surface area contributed by atoms with Gasteiger partial charge in [0.25, 0.3) is 0 Å². The Morgan fingerprint density at radius 1 is 1.05 bits per heavy atom. The van der Waals surface area contributed by atoms with Crippen LogP contribution in [0, 0.1) is 30.2 Å². The first-order chi connectivity index (χ1) is 19.3. The molecule has 1 aliphatic heterocycles. The minimum absolute atomic E-state index is 0. The van der Waals surface area contributed by atoms with Crippen molar-refractivity contribution in [3.05, 3.63) is 113 Å². The zero-order valence-corrected chi connectivity index (χ0v) is 24.8. The van der Waals surface area contributed by atoms with Gasteiger partial charge in [-0.2, -0.15) is 6.42 Å². The van der Waals surface area contributed by atoms with Crippen LogP contribution in [0.3, 0.4) is 0 Å². The molecule has 0 amide bonds. The maximum absolute atomic E-state index is 15.0. The molecule has 1 atom stereocenters. The van der Waals surface area contributed by atoms with Crippen LogP contribution in [-0.2, 0) is 39.3 Å². The molecular formula is C30H26F4N3O3W-. The molecule has 0 fully saturated rings. The number of H-pyrrole nitrogens is 2. The number of aromatic nitrogens is 3. The zero-order chi connectivity index (χ0) is 28.6. The predicted octanol–water partition coefficient (Wildman–Crippen LogP) is 7.19. The van der Waals surface area contributed by atoms with Gasteiger partial charge in [0.2, 0.25) is 0 Å². The quantitative estimate of drug-likeness (QED) is 0.0506. The number of rotatable bonds is 5. The fourth-order valence-electron chi connectivity index (χ4n) is 5.36. The van der Waals surface area contributed by atoms with E-state index in [-0.39, 0.29) is 49.8 Å². The van der Waals surface area contributed by atoms with E-state index in [9.17, 15) is 13.2 Å². The molecule has 0 spiro atoms. The number of ether oxygens (including phenoxy) is 1. The average molecular weight is 736 g/mol. The number of hydrogen-bond donors (Lipinski definition) is 4. The maximum Gasteiger partial charge on any atom is 0.183 e. The Balaban J connectivity index is 0.00000126. The molecule has 2 aromatic heterocycles. The van der Waals surface area contributed by atoms with Crippen molar-refractivity contribution >= 4 is 10.9 Å². The topological polar surface area (TPSA) is 94.2 Å². The smallest absolute Gasteiger partial charge is 0.183 e. The fraction of sp³-hybridized carbons (Fsp3) is 0.200. The van der Waals surface area contributed by atoms with Crippen molar-refractivity contribution in [2.45, 2.75) is 31.6 Å². The van der Waals surface area contributed by atoms with E-state index in [1.165, 1.54) is 30.5 Å². The Morgan fingerprint density at radius 3 is 2.59 bits per heavy atom. The molecule has 6 nitrogen and oxygen atoms in total. The van der Waals surface area contributed by atoms with Crippen molar-refractivity contribution in [3.63, 3.8) is 0 Å². The Bertz CT molecular complexity index is 1700. The summed E-state index contributed by atoms with van der Waals surface area (Å²) in [7, 11) is 0. The van der Waals surface area contributed by atoms with Crippen molar-refractivity contribution in [2.24, 2.45) is 0 Å². The summed E-state index contributed by atoms with van der Waals surface area (Å²) < 4.78 is 65.2. The molecule has 1 unspecified atom stereocenters. The zero-order valence-electron chi connectivity index (χ0n) is 21.9. The van der Waals surface area contributed by atoms with Gasteiger partial charge in [-0.25, -0.2) is 22.5 Å². The van der Waals surface area contributed by atoms with E-state index in [2.05, 4.69) is 28.8 Å². The van der Waals surface area contributed by atoms with Crippen LogP contribution < -0.4 is 4.74 Å². The van der Waals surface area contributed by atoms with E-state index in [4.69, 9.17) is 15.3 Å². The predicted molar refractivity (Wildman–Crippen MR) is 142 cm³/mol. The summed E-state index contributed by atoms with van der Waals surface area (Å²) in [5.74, 6) is -2.70. The van der Waals surface area contributed by atoms with Crippen molar-refractivity contribution in [2.75, 3.05) is 6.61 Å². The molecule has 4 N–H and O–H groups in total. The SMILES string of the molecule is OO.[CH2-]Cc1cccc2c1OCCC2(C)c1cnc(-c2cc(Cc3c(F)c(F)c4[nH]ccc4c3F)ccc2F)[nH]1.[W]. The number of nitrogens with one attached hydrogen (secondary N) is 2. The number of benzene rings is 3. The molecular weight excluding hydrogens is 710 g/mol. The minimum atomic E-state index is -1.27. The van der Waals surface area contributed by atoms with E-state index < -0.39 is 34.2 Å².